The minimum absolute atomic E-state index is 0.185. The van der Waals surface area contributed by atoms with Crippen molar-refractivity contribution >= 4 is 5.97 Å². The highest BCUT2D eigenvalue weighted by Gasteiger charge is 1.98. The van der Waals surface area contributed by atoms with Crippen molar-refractivity contribution in [3.05, 3.63) is 48.6 Å². The predicted octanol–water partition coefficient (Wildman–Crippen LogP) is 5.52. The number of carbonyl (C=O) groups is 1. The lowest BCUT2D eigenvalue weighted by Gasteiger charge is -1.99. The van der Waals surface area contributed by atoms with Crippen LogP contribution in [0.3, 0.4) is 0 Å². The van der Waals surface area contributed by atoms with E-state index in [2.05, 4.69) is 29.9 Å². The van der Waals surface area contributed by atoms with Crippen LogP contribution in [0, 0.1) is 0 Å². The van der Waals surface area contributed by atoms with Crippen LogP contribution in [-0.4, -0.2) is 13.0 Å². The first-order chi connectivity index (χ1) is 11.5. The van der Waals surface area contributed by atoms with Crippen molar-refractivity contribution in [3.8, 4) is 0 Å². The van der Waals surface area contributed by atoms with E-state index in [1.807, 2.05) is 30.4 Å². The van der Waals surface area contributed by atoms with Crippen molar-refractivity contribution in [2.24, 2.45) is 0 Å². The summed E-state index contributed by atoms with van der Waals surface area (Å²) in [5.41, 5.74) is 0. The lowest BCUT2D eigenvalue weighted by atomic mass is 10.1. The van der Waals surface area contributed by atoms with Crippen molar-refractivity contribution in [2.45, 2.75) is 58.3 Å². The molecule has 118 valence electrons. The second kappa shape index (κ2) is 16.5. The first-order valence-electron chi connectivity index (χ1n) is 9.32. The summed E-state index contributed by atoms with van der Waals surface area (Å²) in [5.74, 6) is -0.635. The Kier molecular flexibility index (Phi) is 11.3. The zero-order chi connectivity index (χ0) is 18.1. The molecule has 0 radical (unpaired) electrons. The second-order valence-corrected chi connectivity index (χ2v) is 4.81. The van der Waals surface area contributed by atoms with Gasteiger partial charge in [-0.1, -0.05) is 74.8 Å². The third-order valence-electron chi connectivity index (χ3n) is 2.93. The summed E-state index contributed by atoms with van der Waals surface area (Å²) < 4.78 is 24.8. The van der Waals surface area contributed by atoms with Gasteiger partial charge in [0.1, 0.15) is 0 Å². The molecule has 0 aliphatic heterocycles. The molecule has 2 nitrogen and oxygen atoms in total. The molecule has 0 aliphatic carbocycles. The van der Waals surface area contributed by atoms with Gasteiger partial charge >= 0.3 is 5.97 Å². The molecule has 0 saturated carbocycles. The third-order valence-corrected chi connectivity index (χ3v) is 2.93. The van der Waals surface area contributed by atoms with Crippen molar-refractivity contribution in [3.63, 3.8) is 0 Å². The predicted molar refractivity (Wildman–Crippen MR) is 91.2 cm³/mol. The average Bonchev–Trinajstić information content (AvgIpc) is 2.49. The smallest absolute Gasteiger partial charge is 0.305 e. The summed E-state index contributed by atoms with van der Waals surface area (Å²) >= 11 is 0. The molecule has 0 spiro atoms. The van der Waals surface area contributed by atoms with E-state index in [-0.39, 0.29) is 6.42 Å². The van der Waals surface area contributed by atoms with Gasteiger partial charge in [0.15, 0.2) is 0 Å². The zero-order valence-electron chi connectivity index (χ0n) is 16.1. The number of hydrogen-bond acceptors (Lipinski definition) is 2. The van der Waals surface area contributed by atoms with E-state index in [0.717, 1.165) is 38.5 Å². The second-order valence-electron chi connectivity index (χ2n) is 4.81. The molecule has 0 aromatic carbocycles. The Hall–Kier alpha value is -1.57. The number of allylic oxidation sites excluding steroid dienone is 8. The van der Waals surface area contributed by atoms with E-state index in [1.54, 1.807) is 0 Å². The summed E-state index contributed by atoms with van der Waals surface area (Å²) in [6, 6.07) is 0. The van der Waals surface area contributed by atoms with Gasteiger partial charge in [-0.25, -0.2) is 0 Å². The molecule has 21 heavy (non-hydrogen) atoms. The summed E-state index contributed by atoms with van der Waals surface area (Å²) in [7, 11) is -2.61. The monoisotopic (exact) mass is 293 g/mol. The SMILES string of the molecule is [2H]C([2H])([2H])OC(=O)CCCCCCC/C=C/C=C/C=C/C=C/CC. The Balaban J connectivity index is 3.46. The molecule has 0 atom stereocenters. The van der Waals surface area contributed by atoms with E-state index >= 15 is 0 Å². The van der Waals surface area contributed by atoms with Crippen molar-refractivity contribution < 1.29 is 13.6 Å². The van der Waals surface area contributed by atoms with E-state index in [9.17, 15) is 4.79 Å². The van der Waals surface area contributed by atoms with Crippen molar-refractivity contribution in [1.82, 2.24) is 0 Å². The topological polar surface area (TPSA) is 26.3 Å². The van der Waals surface area contributed by atoms with Crippen LogP contribution < -0.4 is 0 Å². The molecule has 0 heterocycles. The number of ether oxygens (including phenoxy) is 1. The van der Waals surface area contributed by atoms with E-state index in [1.165, 1.54) is 0 Å². The highest BCUT2D eigenvalue weighted by molar-refractivity contribution is 5.68. The Labute approximate surface area is 134 Å². The molecule has 0 saturated heterocycles. The quantitative estimate of drug-likeness (QED) is 0.269. The molecule has 0 aliphatic rings. The maximum atomic E-state index is 11.2. The first kappa shape index (κ1) is 14.4. The van der Waals surface area contributed by atoms with Gasteiger partial charge in [0.05, 0.1) is 11.2 Å². The normalized spacial score (nSPS) is 15.0. The summed E-state index contributed by atoms with van der Waals surface area (Å²) in [6.07, 6.45) is 23.6. The highest BCUT2D eigenvalue weighted by Crippen LogP contribution is 2.08. The standard InChI is InChI=1S/C19H30O2/c1-3-4-5-6-7-8-9-10-11-12-13-14-15-16-17-18-19(20)21-2/h4-11H,3,12-18H2,1-2H3/b5-4+,7-6+,9-8+,11-10+/i2D3. The van der Waals surface area contributed by atoms with Crippen LogP contribution in [-0.2, 0) is 9.53 Å². The molecular weight excluding hydrogens is 260 g/mol. The van der Waals surface area contributed by atoms with Crippen LogP contribution >= 0.6 is 0 Å². The van der Waals surface area contributed by atoms with Crippen LogP contribution in [0.1, 0.15) is 62.4 Å². The van der Waals surface area contributed by atoms with Gasteiger partial charge in [0.25, 0.3) is 0 Å². The van der Waals surface area contributed by atoms with Gasteiger partial charge in [0.2, 0.25) is 0 Å². The first-order valence-corrected chi connectivity index (χ1v) is 7.82. The van der Waals surface area contributed by atoms with E-state index < -0.39 is 13.0 Å². The maximum Gasteiger partial charge on any atom is 0.305 e. The zero-order valence-corrected chi connectivity index (χ0v) is 13.1. The molecule has 0 N–H and O–H groups in total. The molecule has 0 aromatic heterocycles. The van der Waals surface area contributed by atoms with Crippen molar-refractivity contribution in [2.75, 3.05) is 7.04 Å². The number of carbonyl (C=O) groups excluding carboxylic acids is 1. The van der Waals surface area contributed by atoms with Gasteiger partial charge in [-0.2, -0.15) is 0 Å². The number of esters is 1. The molecule has 0 aromatic rings. The largest absolute Gasteiger partial charge is 0.469 e. The Bertz CT molecular complexity index is 432. The van der Waals surface area contributed by atoms with Gasteiger partial charge in [-0.3, -0.25) is 4.79 Å². The third kappa shape index (κ3) is 16.4. The fraction of sp³-hybridized carbons (Fsp3) is 0.526. The fourth-order valence-corrected chi connectivity index (χ4v) is 1.76. The van der Waals surface area contributed by atoms with Gasteiger partial charge in [-0.05, 0) is 25.7 Å². The van der Waals surface area contributed by atoms with E-state index in [0.29, 0.717) is 6.42 Å². The molecule has 0 unspecified atom stereocenters. The number of hydrogen-bond donors (Lipinski definition) is 0. The minimum atomic E-state index is -2.61. The van der Waals surface area contributed by atoms with Crippen LogP contribution in [0.4, 0.5) is 0 Å². The van der Waals surface area contributed by atoms with Crippen LogP contribution in [0.15, 0.2) is 48.6 Å². The number of unbranched alkanes of at least 4 members (excludes halogenated alkanes) is 5. The lowest BCUT2D eigenvalue weighted by molar-refractivity contribution is -0.140. The van der Waals surface area contributed by atoms with Crippen LogP contribution in [0.25, 0.3) is 0 Å². The summed E-state index contributed by atoms with van der Waals surface area (Å²) in [6.45, 7) is 2.11. The van der Waals surface area contributed by atoms with Crippen molar-refractivity contribution in [1.29, 1.82) is 0 Å². The minimum Gasteiger partial charge on any atom is -0.469 e. The Morgan fingerprint density at radius 1 is 0.905 bits per heavy atom. The lowest BCUT2D eigenvalue weighted by Crippen LogP contribution is -1.98. The van der Waals surface area contributed by atoms with E-state index in [4.69, 9.17) is 4.11 Å². The average molecular weight is 293 g/mol. The Morgan fingerprint density at radius 2 is 1.52 bits per heavy atom. The number of rotatable bonds is 12. The highest BCUT2D eigenvalue weighted by atomic mass is 16.5. The molecule has 0 fully saturated rings. The summed E-state index contributed by atoms with van der Waals surface area (Å²) in [5, 5.41) is 0. The molecule has 2 heteroatoms. The molecular formula is C19H30O2. The molecule has 0 bridgehead atoms. The molecule has 0 rings (SSSR count). The van der Waals surface area contributed by atoms with Gasteiger partial charge in [-0.15, -0.1) is 0 Å². The van der Waals surface area contributed by atoms with Gasteiger partial charge in [0, 0.05) is 6.42 Å². The number of methoxy groups -OCH3 is 1. The van der Waals surface area contributed by atoms with Crippen LogP contribution in [0.5, 0.6) is 0 Å². The fourth-order valence-electron chi connectivity index (χ4n) is 1.76. The molecule has 0 amide bonds. The Morgan fingerprint density at radius 3 is 2.24 bits per heavy atom. The summed E-state index contributed by atoms with van der Waals surface area (Å²) in [4.78, 5) is 11.2. The van der Waals surface area contributed by atoms with Crippen LogP contribution in [0.2, 0.25) is 0 Å². The maximum absolute atomic E-state index is 11.2. The van der Waals surface area contributed by atoms with Gasteiger partial charge < -0.3 is 4.74 Å².